The Morgan fingerprint density at radius 3 is 1.05 bits per heavy atom. The summed E-state index contributed by atoms with van der Waals surface area (Å²) in [5.41, 5.74) is 21.1. The molecule has 13 rings (SSSR count). The fraction of sp³-hybridized carbons (Fsp3) is 0.270. The molecule has 402 valence electrons. The van der Waals surface area contributed by atoms with Crippen LogP contribution in [0.5, 0.6) is 0 Å². The van der Waals surface area contributed by atoms with Crippen LogP contribution < -0.4 is 30.5 Å². The molecule has 6 heteroatoms. The van der Waals surface area contributed by atoms with Crippen LogP contribution in [-0.4, -0.2) is 16.1 Å². The quantitative estimate of drug-likeness (QED) is 0.155. The summed E-state index contributed by atoms with van der Waals surface area (Å²) in [4.78, 5) is 4.96. The van der Waals surface area contributed by atoms with Crippen LogP contribution in [0.3, 0.4) is 0 Å². The first-order valence-corrected chi connectivity index (χ1v) is 34.9. The first-order valence-electron chi connectivity index (χ1n) is 28.9. The standard InChI is InChI=1S/C74H76N2O2Si2/c1-71(2,3)45-25-33-49(34-26-45)75(50-35-27-46(28-36-50)72(4,5)6)57-43-64-67(70-65(57)53-21-17-19-23-59(53)78-70)56-42-61-55(41-62(56)80(64,15)16)66-63(79(61,13)14)44-58(69-68(66)54-22-18-20-24-60(54)77-69)76(51-37-29-47(30-38-51)73(7,8)9)52-39-31-48(32-40-52)74(10,11)12/h17-44H,1-16H3. The first kappa shape index (κ1) is 52.0. The van der Waals surface area contributed by atoms with Crippen molar-refractivity contribution in [2.45, 2.75) is 131 Å². The Hall–Kier alpha value is -7.39. The van der Waals surface area contributed by atoms with Gasteiger partial charge in [0.1, 0.15) is 32.9 Å². The van der Waals surface area contributed by atoms with Crippen molar-refractivity contribution in [2.24, 2.45) is 0 Å². The second kappa shape index (κ2) is 17.6. The molecule has 0 amide bonds. The summed E-state index contributed by atoms with van der Waals surface area (Å²) in [6.45, 7) is 37.8. The van der Waals surface area contributed by atoms with Crippen molar-refractivity contribution < 1.29 is 8.83 Å². The van der Waals surface area contributed by atoms with E-state index in [1.165, 1.54) is 70.6 Å². The number of para-hydroxylation sites is 2. The molecule has 0 unspecified atom stereocenters. The molecular formula is C74H76N2O2Si2. The van der Waals surface area contributed by atoms with Gasteiger partial charge in [0.15, 0.2) is 5.58 Å². The van der Waals surface area contributed by atoms with Crippen molar-refractivity contribution in [3.63, 3.8) is 0 Å². The molecule has 2 aliphatic heterocycles. The molecular weight excluding hydrogens is 1000 g/mol. The Balaban J connectivity index is 1.05. The van der Waals surface area contributed by atoms with Gasteiger partial charge in [-0.2, -0.15) is 0 Å². The van der Waals surface area contributed by atoms with E-state index in [4.69, 9.17) is 8.83 Å². The van der Waals surface area contributed by atoms with Gasteiger partial charge in [0.25, 0.3) is 0 Å². The fourth-order valence-electron chi connectivity index (χ4n) is 13.3. The predicted octanol–water partition coefficient (Wildman–Crippen LogP) is 19.2. The van der Waals surface area contributed by atoms with Gasteiger partial charge in [-0.15, -0.1) is 0 Å². The maximum Gasteiger partial charge on any atom is 0.160 e. The monoisotopic (exact) mass is 1080 g/mol. The summed E-state index contributed by atoms with van der Waals surface area (Å²) in [5, 5.41) is 10.4. The highest BCUT2D eigenvalue weighted by molar-refractivity contribution is 7.06. The maximum atomic E-state index is 7.33. The average Bonchev–Trinajstić information content (AvgIpc) is 4.28. The van der Waals surface area contributed by atoms with Crippen molar-refractivity contribution in [3.05, 3.63) is 192 Å². The molecule has 0 bridgehead atoms. The Labute approximate surface area is 476 Å². The number of furan rings is 2. The van der Waals surface area contributed by atoms with Crippen LogP contribution in [0.4, 0.5) is 34.1 Å². The molecule has 11 aromatic rings. The summed E-state index contributed by atoms with van der Waals surface area (Å²) in [6.07, 6.45) is 0. The Bertz CT molecular complexity index is 4180. The molecule has 4 heterocycles. The molecule has 9 aromatic carbocycles. The smallest absolute Gasteiger partial charge is 0.160 e. The normalized spacial score (nSPS) is 14.7. The molecule has 0 radical (unpaired) electrons. The number of hydrogen-bond donors (Lipinski definition) is 0. The van der Waals surface area contributed by atoms with Crippen LogP contribution in [-0.2, 0) is 21.7 Å². The van der Waals surface area contributed by atoms with E-state index in [9.17, 15) is 0 Å². The second-order valence-corrected chi connectivity index (χ2v) is 36.9. The summed E-state index contributed by atoms with van der Waals surface area (Å²) in [6, 6.07) is 64.8. The average molecular weight is 1080 g/mol. The number of rotatable bonds is 6. The minimum Gasteiger partial charge on any atom is -0.455 e. The van der Waals surface area contributed by atoms with Gasteiger partial charge < -0.3 is 18.6 Å². The van der Waals surface area contributed by atoms with Crippen LogP contribution in [0.1, 0.15) is 105 Å². The molecule has 0 saturated heterocycles. The highest BCUT2D eigenvalue weighted by Gasteiger charge is 2.47. The van der Waals surface area contributed by atoms with E-state index in [0.717, 1.165) is 72.6 Å². The minimum atomic E-state index is -2.47. The van der Waals surface area contributed by atoms with Crippen LogP contribution >= 0.6 is 0 Å². The minimum absolute atomic E-state index is 0.0214. The SMILES string of the molecule is CC(C)(C)c1ccc(N(c2ccc(C(C)(C)C)cc2)c2cc3c(c4c2oc2ccccc24)-c2cc4c(cc2[Si]3(C)C)-c2c(cc(N(c3ccc(C(C)(C)C)cc3)c3ccc(C(C)(C)C)cc3)c3c2oc2ccccc23)[Si]4(C)C)cc1. The second-order valence-electron chi connectivity index (χ2n) is 28.3. The Morgan fingerprint density at radius 1 is 0.325 bits per heavy atom. The summed E-state index contributed by atoms with van der Waals surface area (Å²) < 4.78 is 14.6. The van der Waals surface area contributed by atoms with Crippen molar-refractivity contribution in [2.75, 3.05) is 9.80 Å². The number of fused-ring (bicyclic) bond motifs is 14. The summed E-state index contributed by atoms with van der Waals surface area (Å²) in [5.74, 6) is 0. The van der Waals surface area contributed by atoms with Gasteiger partial charge in [0.2, 0.25) is 0 Å². The fourth-order valence-corrected chi connectivity index (χ4v) is 19.4. The van der Waals surface area contributed by atoms with Gasteiger partial charge in [-0.3, -0.25) is 0 Å². The molecule has 2 aromatic heterocycles. The third-order valence-electron chi connectivity index (χ3n) is 18.1. The lowest BCUT2D eigenvalue weighted by molar-refractivity contribution is 0.590. The molecule has 0 aliphatic carbocycles. The lowest BCUT2D eigenvalue weighted by Gasteiger charge is -2.30. The molecule has 0 fully saturated rings. The molecule has 80 heavy (non-hydrogen) atoms. The Morgan fingerprint density at radius 2 is 0.650 bits per heavy atom. The van der Waals surface area contributed by atoms with E-state index in [1.54, 1.807) is 0 Å². The van der Waals surface area contributed by atoms with E-state index in [1.807, 2.05) is 0 Å². The van der Waals surface area contributed by atoms with Gasteiger partial charge >= 0.3 is 0 Å². The van der Waals surface area contributed by atoms with E-state index in [0.29, 0.717) is 0 Å². The zero-order chi connectivity index (χ0) is 56.4. The van der Waals surface area contributed by atoms with Gasteiger partial charge in [0.05, 0.1) is 16.8 Å². The van der Waals surface area contributed by atoms with E-state index in [2.05, 4.69) is 289 Å². The molecule has 4 nitrogen and oxygen atoms in total. The van der Waals surface area contributed by atoms with E-state index in [-0.39, 0.29) is 21.7 Å². The molecule has 2 aliphatic rings. The van der Waals surface area contributed by atoms with Crippen LogP contribution in [0.2, 0.25) is 26.2 Å². The summed E-state index contributed by atoms with van der Waals surface area (Å²) in [7, 11) is -4.93. The topological polar surface area (TPSA) is 32.8 Å². The van der Waals surface area contributed by atoms with Gasteiger partial charge in [-0.1, -0.05) is 206 Å². The highest BCUT2D eigenvalue weighted by atomic mass is 28.3. The number of benzene rings is 9. The maximum absolute atomic E-state index is 7.33. The van der Waals surface area contributed by atoms with Crippen molar-refractivity contribution in [1.82, 2.24) is 0 Å². The van der Waals surface area contributed by atoms with Gasteiger partial charge in [-0.05, 0) is 154 Å². The van der Waals surface area contributed by atoms with Gasteiger partial charge in [-0.25, -0.2) is 0 Å². The third kappa shape index (κ3) is 8.02. The lowest BCUT2D eigenvalue weighted by Crippen LogP contribution is -2.51. The third-order valence-corrected chi connectivity index (χ3v) is 25.1. The van der Waals surface area contributed by atoms with E-state index >= 15 is 0 Å². The van der Waals surface area contributed by atoms with Crippen LogP contribution in [0, 0.1) is 0 Å². The van der Waals surface area contributed by atoms with Crippen LogP contribution in [0.25, 0.3) is 66.1 Å². The van der Waals surface area contributed by atoms with Crippen molar-refractivity contribution in [3.8, 4) is 22.3 Å². The molecule has 0 atom stereocenters. The van der Waals surface area contributed by atoms with Crippen molar-refractivity contribution in [1.29, 1.82) is 0 Å². The predicted molar refractivity (Wildman–Crippen MR) is 350 cm³/mol. The zero-order valence-electron chi connectivity index (χ0n) is 49.9. The van der Waals surface area contributed by atoms with E-state index < -0.39 is 16.1 Å². The van der Waals surface area contributed by atoms with Gasteiger partial charge in [0, 0.05) is 44.5 Å². The first-order chi connectivity index (χ1) is 37.7. The number of nitrogens with zero attached hydrogens (tertiary/aromatic N) is 2. The molecule has 0 N–H and O–H groups in total. The molecule has 0 spiro atoms. The summed E-state index contributed by atoms with van der Waals surface area (Å²) >= 11 is 0. The van der Waals surface area contributed by atoms with Crippen molar-refractivity contribution >= 4 is 115 Å². The number of anilines is 6. The Kier molecular flexibility index (Phi) is 11.4. The lowest BCUT2D eigenvalue weighted by atomic mass is 9.86. The number of hydrogen-bond acceptors (Lipinski definition) is 4. The van der Waals surface area contributed by atoms with Crippen LogP contribution in [0.15, 0.2) is 179 Å². The highest BCUT2D eigenvalue weighted by Crippen LogP contribution is 2.51. The largest absolute Gasteiger partial charge is 0.455 e. The molecule has 0 saturated carbocycles. The zero-order valence-corrected chi connectivity index (χ0v) is 51.9.